The highest BCUT2D eigenvalue weighted by molar-refractivity contribution is 6.09. The summed E-state index contributed by atoms with van der Waals surface area (Å²) < 4.78 is 6.62. The topological polar surface area (TPSA) is 136 Å². The van der Waals surface area contributed by atoms with Gasteiger partial charge in [-0.05, 0) is 60.4 Å². The van der Waals surface area contributed by atoms with E-state index in [9.17, 15) is 14.4 Å². The van der Waals surface area contributed by atoms with Crippen molar-refractivity contribution < 1.29 is 14.3 Å². The third-order valence-corrected chi connectivity index (χ3v) is 8.98. The Morgan fingerprint density at radius 3 is 2.52 bits per heavy atom. The fourth-order valence-electron chi connectivity index (χ4n) is 5.96. The maximum Gasteiger partial charge on any atom is 0.290 e. The second kappa shape index (κ2) is 12.5. The number of amides is 2. The van der Waals surface area contributed by atoms with Crippen molar-refractivity contribution in [2.24, 2.45) is 12.8 Å². The molecular weight excluding hydrogens is 582 g/mol. The minimum atomic E-state index is -0.326. The molecule has 2 aliphatic rings. The number of fused-ring (bicyclic) bond motifs is 1. The Bertz CT molecular complexity index is 1860. The van der Waals surface area contributed by atoms with Crippen molar-refractivity contribution in [2.45, 2.75) is 32.6 Å². The summed E-state index contributed by atoms with van der Waals surface area (Å²) in [7, 11) is 1.60. The van der Waals surface area contributed by atoms with Crippen molar-refractivity contribution in [2.75, 3.05) is 49.6 Å². The van der Waals surface area contributed by atoms with Gasteiger partial charge in [-0.3, -0.25) is 14.4 Å². The molecule has 2 aromatic carbocycles. The van der Waals surface area contributed by atoms with Crippen molar-refractivity contribution in [3.63, 3.8) is 0 Å². The second-order valence-electron chi connectivity index (χ2n) is 12.5. The SMILES string of the molecule is Cc1c(-c2cc(Nc3ccc(C(=O)N4CCOCC4)cn3)c(=O)n(C)n2)cccc1N1CCc2cc(C(C)(C)CN)ccc2C1=O. The maximum atomic E-state index is 13.8. The minimum Gasteiger partial charge on any atom is -0.378 e. The molecule has 0 radical (unpaired) electrons. The number of hydrogen-bond acceptors (Lipinski definition) is 8. The van der Waals surface area contributed by atoms with E-state index in [1.807, 2.05) is 42.2 Å². The molecule has 0 bridgehead atoms. The smallest absolute Gasteiger partial charge is 0.290 e. The third kappa shape index (κ3) is 5.91. The number of carbonyl (C=O) groups excluding carboxylic acids is 2. The van der Waals surface area contributed by atoms with Crippen LogP contribution in [0.1, 0.15) is 51.3 Å². The Labute approximate surface area is 268 Å². The Kier molecular flexibility index (Phi) is 8.45. The number of nitrogens with two attached hydrogens (primary N) is 1. The van der Waals surface area contributed by atoms with Crippen LogP contribution in [0.15, 0.2) is 65.6 Å². The lowest BCUT2D eigenvalue weighted by atomic mass is 9.82. The zero-order chi connectivity index (χ0) is 32.6. The van der Waals surface area contributed by atoms with Crippen LogP contribution in [-0.4, -0.2) is 70.9 Å². The minimum absolute atomic E-state index is 0.0454. The lowest BCUT2D eigenvalue weighted by molar-refractivity contribution is 0.0302. The summed E-state index contributed by atoms with van der Waals surface area (Å²) in [5.41, 5.74) is 12.2. The molecule has 0 unspecified atom stereocenters. The molecule has 4 aromatic rings. The van der Waals surface area contributed by atoms with E-state index < -0.39 is 0 Å². The van der Waals surface area contributed by atoms with Crippen LogP contribution >= 0.6 is 0 Å². The van der Waals surface area contributed by atoms with Crippen LogP contribution in [0.25, 0.3) is 11.3 Å². The molecule has 6 rings (SSSR count). The van der Waals surface area contributed by atoms with Crippen LogP contribution in [0.4, 0.5) is 17.2 Å². The lowest BCUT2D eigenvalue weighted by Crippen LogP contribution is -2.40. The van der Waals surface area contributed by atoms with Crippen LogP contribution < -0.4 is 21.5 Å². The molecule has 238 valence electrons. The number of morpholine rings is 1. The van der Waals surface area contributed by atoms with Crippen LogP contribution in [0.2, 0.25) is 0 Å². The van der Waals surface area contributed by atoms with Gasteiger partial charge in [0.05, 0.1) is 24.5 Å². The first-order valence-corrected chi connectivity index (χ1v) is 15.5. The molecule has 11 heteroatoms. The number of pyridine rings is 1. The Balaban J connectivity index is 1.26. The summed E-state index contributed by atoms with van der Waals surface area (Å²) in [6, 6.07) is 16.9. The van der Waals surface area contributed by atoms with Gasteiger partial charge in [0.15, 0.2) is 0 Å². The van der Waals surface area contributed by atoms with Gasteiger partial charge in [-0.25, -0.2) is 9.67 Å². The van der Waals surface area contributed by atoms with E-state index in [1.165, 1.54) is 10.9 Å². The van der Waals surface area contributed by atoms with Gasteiger partial charge < -0.3 is 25.6 Å². The van der Waals surface area contributed by atoms with Crippen molar-refractivity contribution >= 4 is 29.0 Å². The second-order valence-corrected chi connectivity index (χ2v) is 12.5. The van der Waals surface area contributed by atoms with Crippen molar-refractivity contribution in [3.05, 3.63) is 99.0 Å². The molecule has 3 N–H and O–H groups in total. The first kappa shape index (κ1) is 31.1. The molecule has 2 aromatic heterocycles. The van der Waals surface area contributed by atoms with E-state index >= 15 is 0 Å². The van der Waals surface area contributed by atoms with Gasteiger partial charge in [-0.1, -0.05) is 38.1 Å². The van der Waals surface area contributed by atoms with Crippen LogP contribution in [-0.2, 0) is 23.6 Å². The quantitative estimate of drug-likeness (QED) is 0.318. The first-order chi connectivity index (χ1) is 22.1. The molecule has 4 heterocycles. The predicted molar refractivity (Wildman–Crippen MR) is 178 cm³/mol. The molecule has 1 fully saturated rings. The summed E-state index contributed by atoms with van der Waals surface area (Å²) >= 11 is 0. The van der Waals surface area contributed by atoms with Gasteiger partial charge in [0, 0.05) is 61.7 Å². The molecule has 0 spiro atoms. The number of anilines is 3. The van der Waals surface area contributed by atoms with E-state index in [4.69, 9.17) is 10.5 Å². The summed E-state index contributed by atoms with van der Waals surface area (Å²) in [6.45, 7) is 9.38. The zero-order valence-electron chi connectivity index (χ0n) is 26.7. The highest BCUT2D eigenvalue weighted by Crippen LogP contribution is 2.34. The molecule has 1 saturated heterocycles. The zero-order valence-corrected chi connectivity index (χ0v) is 26.7. The largest absolute Gasteiger partial charge is 0.378 e. The van der Waals surface area contributed by atoms with Gasteiger partial charge in [-0.15, -0.1) is 0 Å². The van der Waals surface area contributed by atoms with Crippen molar-refractivity contribution in [1.82, 2.24) is 19.7 Å². The Hall–Kier alpha value is -4.87. The number of nitrogens with one attached hydrogen (secondary N) is 1. The number of carbonyl (C=O) groups is 2. The van der Waals surface area contributed by atoms with Gasteiger partial charge in [0.1, 0.15) is 11.5 Å². The van der Waals surface area contributed by atoms with E-state index in [0.717, 1.165) is 34.4 Å². The normalized spacial score (nSPS) is 15.1. The summed E-state index contributed by atoms with van der Waals surface area (Å²) in [4.78, 5) is 47.6. The molecule has 0 atom stereocenters. The summed E-state index contributed by atoms with van der Waals surface area (Å²) in [5, 5.41) is 7.65. The van der Waals surface area contributed by atoms with Crippen molar-refractivity contribution in [1.29, 1.82) is 0 Å². The van der Waals surface area contributed by atoms with E-state index in [0.29, 0.717) is 62.0 Å². The fraction of sp³-hybridized carbons (Fsp3) is 0.343. The molecule has 46 heavy (non-hydrogen) atoms. The molecule has 2 amide bonds. The Morgan fingerprint density at radius 2 is 1.80 bits per heavy atom. The molecular formula is C35H39N7O4. The van der Waals surface area contributed by atoms with E-state index in [2.05, 4.69) is 35.3 Å². The number of nitrogens with zero attached hydrogens (tertiary/aromatic N) is 5. The number of aryl methyl sites for hydroxylation is 1. The van der Waals surface area contributed by atoms with E-state index in [1.54, 1.807) is 30.1 Å². The van der Waals surface area contributed by atoms with E-state index in [-0.39, 0.29) is 28.5 Å². The van der Waals surface area contributed by atoms with Crippen molar-refractivity contribution in [3.8, 4) is 11.3 Å². The average Bonchev–Trinajstić information content (AvgIpc) is 3.07. The van der Waals surface area contributed by atoms with Crippen LogP contribution in [0, 0.1) is 6.92 Å². The summed E-state index contributed by atoms with van der Waals surface area (Å²) in [5.74, 6) is 0.278. The maximum absolute atomic E-state index is 13.8. The third-order valence-electron chi connectivity index (χ3n) is 8.98. The fourth-order valence-corrected chi connectivity index (χ4v) is 5.96. The number of rotatable bonds is 7. The molecule has 2 aliphatic heterocycles. The van der Waals surface area contributed by atoms with Crippen LogP contribution in [0.5, 0.6) is 0 Å². The van der Waals surface area contributed by atoms with Gasteiger partial charge in [0.25, 0.3) is 17.4 Å². The van der Waals surface area contributed by atoms with Gasteiger partial charge in [0.2, 0.25) is 0 Å². The number of aromatic nitrogens is 3. The molecule has 0 saturated carbocycles. The lowest BCUT2D eigenvalue weighted by Gasteiger charge is -2.32. The number of ether oxygens (including phenoxy) is 1. The Morgan fingerprint density at radius 1 is 1.02 bits per heavy atom. The highest BCUT2D eigenvalue weighted by atomic mass is 16.5. The predicted octanol–water partition coefficient (Wildman–Crippen LogP) is 3.81. The average molecular weight is 622 g/mol. The highest BCUT2D eigenvalue weighted by Gasteiger charge is 2.29. The standard InChI is InChI=1S/C35H39N7O4/c1-22-26(6-5-7-30(22)42-13-12-23-18-25(35(2,3)21-36)9-10-27(23)33(42)44)28-19-29(34(45)40(4)39-28)38-31-11-8-24(20-37-31)32(43)41-14-16-46-17-15-41/h5-11,18-20H,12-17,21,36H2,1-4H3,(H,37,38). The monoisotopic (exact) mass is 621 g/mol. The molecule has 0 aliphatic carbocycles. The van der Waals surface area contributed by atoms with Gasteiger partial charge in [-0.2, -0.15) is 5.10 Å². The number of hydrogen-bond donors (Lipinski definition) is 2. The molecule has 11 nitrogen and oxygen atoms in total. The van der Waals surface area contributed by atoms with Gasteiger partial charge >= 0.3 is 0 Å². The van der Waals surface area contributed by atoms with Crippen LogP contribution in [0.3, 0.4) is 0 Å². The summed E-state index contributed by atoms with van der Waals surface area (Å²) in [6.07, 6.45) is 2.24. The number of benzene rings is 2. The first-order valence-electron chi connectivity index (χ1n) is 15.5.